The van der Waals surface area contributed by atoms with Crippen molar-refractivity contribution in [3.05, 3.63) is 83.0 Å². The molecule has 0 radical (unpaired) electrons. The first-order chi connectivity index (χ1) is 15.6. The van der Waals surface area contributed by atoms with Gasteiger partial charge >= 0.3 is 0 Å². The molecule has 0 atom stereocenters. The Labute approximate surface area is 187 Å². The van der Waals surface area contributed by atoms with Crippen molar-refractivity contribution in [2.45, 2.75) is 6.54 Å². The summed E-state index contributed by atoms with van der Waals surface area (Å²) in [5.74, 6) is 0.934. The first kappa shape index (κ1) is 20.0. The highest BCUT2D eigenvalue weighted by atomic mass is 32.2. The number of thioether (sulfide) groups is 1. The molecule has 0 unspecified atom stereocenters. The van der Waals surface area contributed by atoms with E-state index in [1.807, 2.05) is 54.6 Å². The fraction of sp³-hybridized carbons (Fsp3) is 0.0833. The van der Waals surface area contributed by atoms with Crippen molar-refractivity contribution in [3.8, 4) is 17.1 Å². The van der Waals surface area contributed by atoms with Gasteiger partial charge < -0.3 is 9.26 Å². The lowest BCUT2D eigenvalue weighted by molar-refractivity contribution is -0.123. The van der Waals surface area contributed by atoms with Gasteiger partial charge in [0.25, 0.3) is 11.1 Å². The zero-order valence-electron chi connectivity index (χ0n) is 17.0. The SMILES string of the molecule is COc1ccc(-c2cc(CN3C(=O)S/C(=C\c4ccnc5ccccc45)C3=O)no2)cc1. The summed E-state index contributed by atoms with van der Waals surface area (Å²) in [4.78, 5) is 31.4. The number of ether oxygens (including phenoxy) is 1. The van der Waals surface area contributed by atoms with Crippen LogP contribution in [0.5, 0.6) is 5.75 Å². The summed E-state index contributed by atoms with van der Waals surface area (Å²) in [5.41, 5.74) is 2.98. The number of aromatic nitrogens is 2. The molecular formula is C24H17N3O4S. The van der Waals surface area contributed by atoms with Crippen molar-refractivity contribution in [2.75, 3.05) is 7.11 Å². The molecule has 0 aliphatic carbocycles. The number of benzene rings is 2. The second-order valence-electron chi connectivity index (χ2n) is 7.10. The standard InChI is InChI=1S/C24H17N3O4S/c1-30-18-8-6-15(7-9-18)21-13-17(26-31-21)14-27-23(28)22(32-24(27)29)12-16-10-11-25-20-5-3-2-4-19(16)20/h2-13H,14H2,1H3/b22-12-. The lowest BCUT2D eigenvalue weighted by atomic mass is 10.1. The van der Waals surface area contributed by atoms with Gasteiger partial charge in [0.1, 0.15) is 11.4 Å². The molecule has 1 saturated heterocycles. The Hall–Kier alpha value is -3.91. The molecule has 8 heteroatoms. The highest BCUT2D eigenvalue weighted by molar-refractivity contribution is 8.18. The van der Waals surface area contributed by atoms with E-state index in [0.717, 1.165) is 39.5 Å². The zero-order valence-corrected chi connectivity index (χ0v) is 17.8. The maximum Gasteiger partial charge on any atom is 0.293 e. The maximum absolute atomic E-state index is 12.9. The van der Waals surface area contributed by atoms with E-state index in [2.05, 4.69) is 10.1 Å². The normalized spacial score (nSPS) is 15.2. The van der Waals surface area contributed by atoms with Crippen LogP contribution in [0.15, 0.2) is 76.3 Å². The number of amides is 2. The molecule has 0 N–H and O–H groups in total. The fourth-order valence-electron chi connectivity index (χ4n) is 3.46. The number of hydrogen-bond acceptors (Lipinski definition) is 7. The average molecular weight is 443 g/mol. The van der Waals surface area contributed by atoms with Crippen LogP contribution < -0.4 is 4.74 Å². The Kier molecular flexibility index (Phi) is 5.20. The molecule has 5 rings (SSSR count). The van der Waals surface area contributed by atoms with Gasteiger partial charge in [-0.2, -0.15) is 0 Å². The molecule has 0 bridgehead atoms. The summed E-state index contributed by atoms with van der Waals surface area (Å²) in [5, 5.41) is 4.61. The van der Waals surface area contributed by atoms with Gasteiger partial charge in [0.05, 0.1) is 24.1 Å². The molecule has 2 aromatic heterocycles. The molecule has 32 heavy (non-hydrogen) atoms. The van der Waals surface area contributed by atoms with E-state index in [9.17, 15) is 9.59 Å². The van der Waals surface area contributed by atoms with Crippen LogP contribution in [0.4, 0.5) is 4.79 Å². The third-order valence-electron chi connectivity index (χ3n) is 5.10. The van der Waals surface area contributed by atoms with Crippen LogP contribution in [0.1, 0.15) is 11.3 Å². The molecule has 7 nitrogen and oxygen atoms in total. The van der Waals surface area contributed by atoms with Gasteiger partial charge in [0.15, 0.2) is 5.76 Å². The fourth-order valence-corrected chi connectivity index (χ4v) is 4.29. The highest BCUT2D eigenvalue weighted by Gasteiger charge is 2.35. The predicted molar refractivity (Wildman–Crippen MR) is 122 cm³/mol. The van der Waals surface area contributed by atoms with Gasteiger partial charge in [-0.3, -0.25) is 19.5 Å². The predicted octanol–water partition coefficient (Wildman–Crippen LogP) is 5.13. The Balaban J connectivity index is 1.36. The van der Waals surface area contributed by atoms with Crippen molar-refractivity contribution in [2.24, 2.45) is 0 Å². The van der Waals surface area contributed by atoms with E-state index >= 15 is 0 Å². The summed E-state index contributed by atoms with van der Waals surface area (Å²) in [6.07, 6.45) is 3.43. The lowest BCUT2D eigenvalue weighted by Gasteiger charge is -2.09. The van der Waals surface area contributed by atoms with E-state index in [4.69, 9.17) is 9.26 Å². The summed E-state index contributed by atoms with van der Waals surface area (Å²) in [6.45, 7) is 0.0404. The van der Waals surface area contributed by atoms with Crippen LogP contribution in [0.25, 0.3) is 28.3 Å². The Morgan fingerprint density at radius 2 is 1.91 bits per heavy atom. The van der Waals surface area contributed by atoms with Gasteiger partial charge in [-0.05, 0) is 59.8 Å². The van der Waals surface area contributed by atoms with E-state index in [-0.39, 0.29) is 17.7 Å². The van der Waals surface area contributed by atoms with Crippen LogP contribution in [0.3, 0.4) is 0 Å². The number of carbonyl (C=O) groups is 2. The van der Waals surface area contributed by atoms with Crippen LogP contribution in [0.2, 0.25) is 0 Å². The highest BCUT2D eigenvalue weighted by Crippen LogP contribution is 2.34. The minimum Gasteiger partial charge on any atom is -0.497 e. The van der Waals surface area contributed by atoms with Crippen LogP contribution in [0, 0.1) is 0 Å². The smallest absolute Gasteiger partial charge is 0.293 e. The third-order valence-corrected chi connectivity index (χ3v) is 6.00. The first-order valence-corrected chi connectivity index (χ1v) is 10.6. The number of hydrogen-bond donors (Lipinski definition) is 0. The van der Waals surface area contributed by atoms with Crippen LogP contribution in [-0.2, 0) is 11.3 Å². The monoisotopic (exact) mass is 443 g/mol. The number of methoxy groups -OCH3 is 1. The van der Waals surface area contributed by atoms with Gasteiger partial charge in [0.2, 0.25) is 0 Å². The first-order valence-electron chi connectivity index (χ1n) is 9.81. The Morgan fingerprint density at radius 3 is 2.72 bits per heavy atom. The summed E-state index contributed by atoms with van der Waals surface area (Å²) < 4.78 is 10.6. The maximum atomic E-state index is 12.9. The topological polar surface area (TPSA) is 85.5 Å². The van der Waals surface area contributed by atoms with E-state index in [1.54, 1.807) is 25.4 Å². The van der Waals surface area contributed by atoms with Gasteiger partial charge in [0, 0.05) is 23.2 Å². The molecule has 4 aromatic rings. The van der Waals surface area contributed by atoms with Crippen LogP contribution >= 0.6 is 11.8 Å². The molecule has 1 aliphatic rings. The van der Waals surface area contributed by atoms with Crippen molar-refractivity contribution < 1.29 is 18.8 Å². The Bertz CT molecular complexity index is 1360. The largest absolute Gasteiger partial charge is 0.497 e. The molecule has 1 aliphatic heterocycles. The van der Waals surface area contributed by atoms with Crippen molar-refractivity contribution in [3.63, 3.8) is 0 Å². The molecular weight excluding hydrogens is 426 g/mol. The average Bonchev–Trinajstić information content (AvgIpc) is 3.40. The second kappa shape index (κ2) is 8.32. The number of fused-ring (bicyclic) bond motifs is 1. The number of imide groups is 1. The summed E-state index contributed by atoms with van der Waals surface area (Å²) in [6, 6.07) is 18.6. The van der Waals surface area contributed by atoms with E-state index in [0.29, 0.717) is 16.4 Å². The molecule has 158 valence electrons. The van der Waals surface area contributed by atoms with Crippen molar-refractivity contribution >= 4 is 39.9 Å². The molecule has 0 spiro atoms. The lowest BCUT2D eigenvalue weighted by Crippen LogP contribution is -2.27. The molecule has 2 amide bonds. The van der Waals surface area contributed by atoms with Crippen molar-refractivity contribution in [1.29, 1.82) is 0 Å². The number of carbonyl (C=O) groups excluding carboxylic acids is 2. The minimum absolute atomic E-state index is 0.0404. The van der Waals surface area contributed by atoms with Crippen molar-refractivity contribution in [1.82, 2.24) is 15.0 Å². The summed E-state index contributed by atoms with van der Waals surface area (Å²) >= 11 is 0.918. The second-order valence-corrected chi connectivity index (χ2v) is 8.09. The van der Waals surface area contributed by atoms with Crippen LogP contribution in [-0.4, -0.2) is 33.3 Å². The number of rotatable bonds is 5. The minimum atomic E-state index is -0.352. The number of para-hydroxylation sites is 1. The molecule has 0 saturated carbocycles. The molecule has 1 fully saturated rings. The number of pyridine rings is 1. The quantitative estimate of drug-likeness (QED) is 0.395. The molecule has 3 heterocycles. The summed E-state index contributed by atoms with van der Waals surface area (Å²) in [7, 11) is 1.60. The van der Waals surface area contributed by atoms with E-state index in [1.165, 1.54) is 4.90 Å². The van der Waals surface area contributed by atoms with Gasteiger partial charge in [-0.1, -0.05) is 23.4 Å². The van der Waals surface area contributed by atoms with Gasteiger partial charge in [-0.15, -0.1) is 0 Å². The number of nitrogens with zero attached hydrogens (tertiary/aromatic N) is 3. The Morgan fingerprint density at radius 1 is 1.09 bits per heavy atom. The van der Waals surface area contributed by atoms with E-state index < -0.39 is 0 Å². The zero-order chi connectivity index (χ0) is 22.1. The van der Waals surface area contributed by atoms with Gasteiger partial charge in [-0.25, -0.2) is 0 Å². The third kappa shape index (κ3) is 3.76. The molecule has 2 aromatic carbocycles.